The van der Waals surface area contributed by atoms with Crippen molar-refractivity contribution in [3.8, 4) is 11.5 Å². The van der Waals surface area contributed by atoms with Crippen LogP contribution in [0.1, 0.15) is 19.4 Å². The zero-order valence-electron chi connectivity index (χ0n) is 17.6. The van der Waals surface area contributed by atoms with Crippen molar-refractivity contribution in [2.45, 2.75) is 30.8 Å². The molecule has 0 bridgehead atoms. The number of hydrogen-bond acceptors (Lipinski definition) is 6. The van der Waals surface area contributed by atoms with Gasteiger partial charge in [-0.05, 0) is 44.2 Å². The summed E-state index contributed by atoms with van der Waals surface area (Å²) in [7, 11) is -3.57. The van der Waals surface area contributed by atoms with E-state index in [4.69, 9.17) is 14.2 Å². The third-order valence-corrected chi connectivity index (χ3v) is 7.07. The molecule has 0 aromatic heterocycles. The van der Waals surface area contributed by atoms with Crippen molar-refractivity contribution in [2.24, 2.45) is 0 Å². The van der Waals surface area contributed by atoms with E-state index in [0.717, 1.165) is 12.0 Å². The number of amides is 1. The van der Waals surface area contributed by atoms with Crippen LogP contribution in [-0.4, -0.2) is 57.1 Å². The SMILES string of the molecule is CC1(C)Cc2cccc(OCC(=O)Nc3ccc(S(=O)(=O)N4CCOCC4)cc3)c2O1. The van der Waals surface area contributed by atoms with Crippen LogP contribution in [0.15, 0.2) is 47.4 Å². The monoisotopic (exact) mass is 446 g/mol. The van der Waals surface area contributed by atoms with E-state index in [1.807, 2.05) is 26.0 Å². The van der Waals surface area contributed by atoms with Crippen molar-refractivity contribution < 1.29 is 27.4 Å². The van der Waals surface area contributed by atoms with Gasteiger partial charge in [-0.3, -0.25) is 4.79 Å². The van der Waals surface area contributed by atoms with Gasteiger partial charge in [-0.15, -0.1) is 0 Å². The maximum Gasteiger partial charge on any atom is 0.262 e. The standard InChI is InChI=1S/C22H26N2O6S/c1-22(2)14-16-4-3-5-19(21(16)30-22)29-15-20(25)23-17-6-8-18(9-7-17)31(26,27)24-10-12-28-13-11-24/h3-9H,10-15H2,1-2H3,(H,23,25). The normalized spacial score (nSPS) is 18.1. The first-order valence-corrected chi connectivity index (χ1v) is 11.6. The molecule has 4 rings (SSSR count). The van der Waals surface area contributed by atoms with Crippen LogP contribution >= 0.6 is 0 Å². The highest BCUT2D eigenvalue weighted by Gasteiger charge is 2.32. The first-order valence-electron chi connectivity index (χ1n) is 10.2. The van der Waals surface area contributed by atoms with Crippen molar-refractivity contribution in [3.63, 3.8) is 0 Å². The summed E-state index contributed by atoms with van der Waals surface area (Å²) >= 11 is 0. The quantitative estimate of drug-likeness (QED) is 0.733. The van der Waals surface area contributed by atoms with E-state index >= 15 is 0 Å². The molecule has 2 heterocycles. The molecular formula is C22H26N2O6S. The van der Waals surface area contributed by atoms with Crippen LogP contribution in [0.3, 0.4) is 0 Å². The van der Waals surface area contributed by atoms with Crippen molar-refractivity contribution in [1.82, 2.24) is 4.31 Å². The Hall–Kier alpha value is -2.62. The second-order valence-corrected chi connectivity index (χ2v) is 10.1. The average Bonchev–Trinajstić information content (AvgIpc) is 3.07. The molecule has 0 aliphatic carbocycles. The zero-order valence-corrected chi connectivity index (χ0v) is 18.4. The van der Waals surface area contributed by atoms with E-state index in [1.165, 1.54) is 16.4 Å². The number of carbonyl (C=O) groups is 1. The number of sulfonamides is 1. The molecule has 31 heavy (non-hydrogen) atoms. The van der Waals surface area contributed by atoms with E-state index in [2.05, 4.69) is 5.32 Å². The molecule has 166 valence electrons. The largest absolute Gasteiger partial charge is 0.483 e. The van der Waals surface area contributed by atoms with Gasteiger partial charge in [0, 0.05) is 30.8 Å². The second kappa shape index (κ2) is 8.49. The van der Waals surface area contributed by atoms with Gasteiger partial charge < -0.3 is 19.5 Å². The molecule has 1 saturated heterocycles. The number of carbonyl (C=O) groups excluding carboxylic acids is 1. The Balaban J connectivity index is 1.35. The predicted octanol–water partition coefficient (Wildman–Crippen LogP) is 2.44. The second-order valence-electron chi connectivity index (χ2n) is 8.16. The molecule has 2 aliphatic rings. The molecule has 2 aliphatic heterocycles. The first kappa shape index (κ1) is 21.6. The first-order chi connectivity index (χ1) is 14.7. The lowest BCUT2D eigenvalue weighted by Gasteiger charge is -2.26. The minimum Gasteiger partial charge on any atom is -0.483 e. The summed E-state index contributed by atoms with van der Waals surface area (Å²) in [6.45, 7) is 5.28. The van der Waals surface area contributed by atoms with E-state index < -0.39 is 10.0 Å². The molecule has 0 spiro atoms. The molecule has 1 amide bonds. The fourth-order valence-electron chi connectivity index (χ4n) is 3.69. The maximum atomic E-state index is 12.7. The third kappa shape index (κ3) is 4.84. The topological polar surface area (TPSA) is 94.2 Å². The molecule has 1 fully saturated rings. The lowest BCUT2D eigenvalue weighted by molar-refractivity contribution is -0.118. The molecule has 1 N–H and O–H groups in total. The van der Waals surface area contributed by atoms with E-state index in [1.54, 1.807) is 18.2 Å². The number of benzene rings is 2. The molecule has 0 unspecified atom stereocenters. The highest BCUT2D eigenvalue weighted by atomic mass is 32.2. The maximum absolute atomic E-state index is 12.7. The number of para-hydroxylation sites is 1. The molecule has 0 saturated carbocycles. The van der Waals surface area contributed by atoms with Crippen LogP contribution in [0, 0.1) is 0 Å². The van der Waals surface area contributed by atoms with Crippen molar-refractivity contribution in [3.05, 3.63) is 48.0 Å². The fraction of sp³-hybridized carbons (Fsp3) is 0.409. The number of ether oxygens (including phenoxy) is 3. The molecule has 2 aromatic carbocycles. The Labute approximate surface area is 182 Å². The number of fused-ring (bicyclic) bond motifs is 1. The molecule has 8 nitrogen and oxygen atoms in total. The van der Waals surface area contributed by atoms with Crippen LogP contribution in [0.4, 0.5) is 5.69 Å². The minimum absolute atomic E-state index is 0.184. The van der Waals surface area contributed by atoms with Crippen LogP contribution < -0.4 is 14.8 Å². The molecule has 0 atom stereocenters. The number of hydrogen-bond donors (Lipinski definition) is 1. The van der Waals surface area contributed by atoms with Crippen molar-refractivity contribution >= 4 is 21.6 Å². The lowest BCUT2D eigenvalue weighted by Crippen LogP contribution is -2.40. The van der Waals surface area contributed by atoms with Gasteiger partial charge >= 0.3 is 0 Å². The third-order valence-electron chi connectivity index (χ3n) is 5.16. The highest BCUT2D eigenvalue weighted by Crippen LogP contribution is 2.41. The van der Waals surface area contributed by atoms with Crippen LogP contribution in [0.2, 0.25) is 0 Å². The number of anilines is 1. The van der Waals surface area contributed by atoms with Crippen molar-refractivity contribution in [2.75, 3.05) is 38.2 Å². The van der Waals surface area contributed by atoms with Gasteiger partial charge in [0.15, 0.2) is 18.1 Å². The molecule has 2 aromatic rings. The molecule has 9 heteroatoms. The van der Waals surface area contributed by atoms with Gasteiger partial charge in [-0.2, -0.15) is 4.31 Å². The summed E-state index contributed by atoms with van der Waals surface area (Å²) in [6.07, 6.45) is 0.783. The Morgan fingerprint density at radius 2 is 1.84 bits per heavy atom. The van der Waals surface area contributed by atoms with Crippen LogP contribution in [0.5, 0.6) is 11.5 Å². The summed E-state index contributed by atoms with van der Waals surface area (Å²) in [6, 6.07) is 11.8. The fourth-order valence-corrected chi connectivity index (χ4v) is 5.10. The van der Waals surface area contributed by atoms with E-state index in [9.17, 15) is 13.2 Å². The Kier molecular flexibility index (Phi) is 5.92. The van der Waals surface area contributed by atoms with E-state index in [-0.39, 0.29) is 23.0 Å². The lowest BCUT2D eigenvalue weighted by atomic mass is 10.0. The predicted molar refractivity (Wildman–Crippen MR) is 115 cm³/mol. The number of nitrogens with zero attached hydrogens (tertiary/aromatic N) is 1. The highest BCUT2D eigenvalue weighted by molar-refractivity contribution is 7.89. The van der Waals surface area contributed by atoms with Gasteiger partial charge in [0.1, 0.15) is 5.60 Å². The van der Waals surface area contributed by atoms with Gasteiger partial charge in [-0.25, -0.2) is 8.42 Å². The molecular weight excluding hydrogens is 420 g/mol. The van der Waals surface area contributed by atoms with E-state index in [0.29, 0.717) is 43.5 Å². The number of rotatable bonds is 6. The Bertz CT molecular complexity index is 1060. The van der Waals surface area contributed by atoms with Crippen LogP contribution in [0.25, 0.3) is 0 Å². The summed E-state index contributed by atoms with van der Waals surface area (Å²) < 4.78 is 43.6. The number of morpholine rings is 1. The summed E-state index contributed by atoms with van der Waals surface area (Å²) in [5.41, 5.74) is 1.25. The summed E-state index contributed by atoms with van der Waals surface area (Å²) in [5, 5.41) is 2.72. The zero-order chi connectivity index (χ0) is 22.1. The van der Waals surface area contributed by atoms with Gasteiger partial charge in [0.2, 0.25) is 10.0 Å². The van der Waals surface area contributed by atoms with Gasteiger partial charge in [0.05, 0.1) is 18.1 Å². The van der Waals surface area contributed by atoms with Gasteiger partial charge in [-0.1, -0.05) is 12.1 Å². The number of nitrogens with one attached hydrogen (secondary N) is 1. The van der Waals surface area contributed by atoms with Crippen LogP contribution in [-0.2, 0) is 26.0 Å². The summed E-state index contributed by atoms with van der Waals surface area (Å²) in [4.78, 5) is 12.5. The smallest absolute Gasteiger partial charge is 0.262 e. The Morgan fingerprint density at radius 1 is 1.13 bits per heavy atom. The molecule has 0 radical (unpaired) electrons. The summed E-state index contributed by atoms with van der Waals surface area (Å²) in [5.74, 6) is 0.863. The average molecular weight is 447 g/mol. The Morgan fingerprint density at radius 3 is 2.55 bits per heavy atom. The van der Waals surface area contributed by atoms with Gasteiger partial charge in [0.25, 0.3) is 5.91 Å². The van der Waals surface area contributed by atoms with Crippen molar-refractivity contribution in [1.29, 1.82) is 0 Å². The minimum atomic E-state index is -3.57.